The molecule has 2 N–H and O–H groups in total. The maximum absolute atomic E-state index is 11.8. The van der Waals surface area contributed by atoms with E-state index in [1.54, 1.807) is 13.2 Å². The molecule has 0 saturated heterocycles. The van der Waals surface area contributed by atoms with E-state index in [0.717, 1.165) is 12.8 Å². The van der Waals surface area contributed by atoms with E-state index < -0.39 is 5.97 Å². The van der Waals surface area contributed by atoms with Crippen LogP contribution >= 0.6 is 0 Å². The lowest BCUT2D eigenvalue weighted by molar-refractivity contribution is 0.0313. The molecule has 0 bridgehead atoms. The van der Waals surface area contributed by atoms with Gasteiger partial charge in [-0.25, -0.2) is 4.79 Å². The average molecular weight is 253 g/mol. The number of unbranched alkanes of at least 4 members (excludes halogenated alkanes) is 3. The monoisotopic (exact) mass is 253 g/mol. The van der Waals surface area contributed by atoms with Crippen LogP contribution in [0.2, 0.25) is 0 Å². The summed E-state index contributed by atoms with van der Waals surface area (Å²) in [6.45, 7) is 4.08. The molecule has 5 heteroatoms. The van der Waals surface area contributed by atoms with E-state index in [1.807, 2.05) is 6.92 Å². The summed E-state index contributed by atoms with van der Waals surface area (Å²) in [5, 5.41) is 3.99. The second-order valence-corrected chi connectivity index (χ2v) is 4.67. The van der Waals surface area contributed by atoms with E-state index in [2.05, 4.69) is 12.0 Å². The second-order valence-electron chi connectivity index (χ2n) is 4.67. The van der Waals surface area contributed by atoms with Crippen molar-refractivity contribution in [2.45, 2.75) is 52.1 Å². The zero-order valence-electron chi connectivity index (χ0n) is 11.5. The van der Waals surface area contributed by atoms with Gasteiger partial charge in [0.25, 0.3) is 0 Å². The van der Waals surface area contributed by atoms with Crippen molar-refractivity contribution in [2.75, 3.05) is 5.73 Å². The average Bonchev–Trinajstić information content (AvgIpc) is 2.64. The number of rotatable bonds is 7. The largest absolute Gasteiger partial charge is 0.458 e. The standard InChI is InChI=1S/C13H23N3O2/c1-4-5-6-7-8-10(2)18-13(17)12-11(14)9-16(3)15-12/h9-10H,4-8,14H2,1-3H3. The molecule has 0 amide bonds. The van der Waals surface area contributed by atoms with Crippen LogP contribution in [0.25, 0.3) is 0 Å². The maximum Gasteiger partial charge on any atom is 0.361 e. The number of nitrogens with two attached hydrogens (primary N) is 1. The number of ether oxygens (including phenoxy) is 1. The topological polar surface area (TPSA) is 70.1 Å². The van der Waals surface area contributed by atoms with Gasteiger partial charge in [0.05, 0.1) is 11.8 Å². The number of hydrogen-bond donors (Lipinski definition) is 1. The summed E-state index contributed by atoms with van der Waals surface area (Å²) in [6.07, 6.45) is 7.10. The number of esters is 1. The number of aryl methyl sites for hydroxylation is 1. The molecular weight excluding hydrogens is 230 g/mol. The summed E-state index contributed by atoms with van der Waals surface area (Å²) in [4.78, 5) is 11.8. The van der Waals surface area contributed by atoms with E-state index in [-0.39, 0.29) is 11.8 Å². The van der Waals surface area contributed by atoms with Gasteiger partial charge in [0.2, 0.25) is 0 Å². The fourth-order valence-electron chi connectivity index (χ4n) is 1.82. The molecule has 102 valence electrons. The Bertz CT molecular complexity index is 388. The molecule has 0 aliphatic rings. The number of hydrogen-bond acceptors (Lipinski definition) is 4. The van der Waals surface area contributed by atoms with Gasteiger partial charge in [-0.2, -0.15) is 5.10 Å². The summed E-state index contributed by atoms with van der Waals surface area (Å²) in [5.74, 6) is -0.434. The second kappa shape index (κ2) is 7.03. The van der Waals surface area contributed by atoms with Crippen molar-refractivity contribution >= 4 is 11.7 Å². The SMILES string of the molecule is CCCCCCC(C)OC(=O)c1nn(C)cc1N. The molecule has 5 nitrogen and oxygen atoms in total. The first-order valence-corrected chi connectivity index (χ1v) is 6.54. The summed E-state index contributed by atoms with van der Waals surface area (Å²) in [6, 6.07) is 0. The molecule has 1 aromatic heterocycles. The minimum Gasteiger partial charge on any atom is -0.458 e. The first-order chi connectivity index (χ1) is 8.54. The minimum absolute atomic E-state index is 0.0873. The lowest BCUT2D eigenvalue weighted by Gasteiger charge is -2.12. The number of carbonyl (C=O) groups excluding carboxylic acids is 1. The molecule has 0 radical (unpaired) electrons. The third-order valence-electron chi connectivity index (χ3n) is 2.82. The van der Waals surface area contributed by atoms with Crippen molar-refractivity contribution in [2.24, 2.45) is 7.05 Å². The van der Waals surface area contributed by atoms with Gasteiger partial charge in [0.1, 0.15) is 0 Å². The number of anilines is 1. The lowest BCUT2D eigenvalue weighted by atomic mass is 10.1. The highest BCUT2D eigenvalue weighted by atomic mass is 16.5. The molecule has 1 rings (SSSR count). The quantitative estimate of drug-likeness (QED) is 0.598. The van der Waals surface area contributed by atoms with Gasteiger partial charge in [0.15, 0.2) is 5.69 Å². The number of nitrogens with zero attached hydrogens (tertiary/aromatic N) is 2. The molecule has 1 aromatic rings. The molecule has 1 unspecified atom stereocenters. The molecule has 0 spiro atoms. The number of carbonyl (C=O) groups is 1. The van der Waals surface area contributed by atoms with E-state index >= 15 is 0 Å². The van der Waals surface area contributed by atoms with Gasteiger partial charge in [-0.15, -0.1) is 0 Å². The summed E-state index contributed by atoms with van der Waals surface area (Å²) >= 11 is 0. The summed E-state index contributed by atoms with van der Waals surface area (Å²) in [5.41, 5.74) is 6.24. The Morgan fingerprint density at radius 1 is 1.50 bits per heavy atom. The lowest BCUT2D eigenvalue weighted by Crippen LogP contribution is -2.16. The van der Waals surface area contributed by atoms with Crippen molar-refractivity contribution in [1.29, 1.82) is 0 Å². The number of nitrogen functional groups attached to an aromatic ring is 1. The normalized spacial score (nSPS) is 12.4. The Kier molecular flexibility index (Phi) is 5.68. The molecule has 1 atom stereocenters. The van der Waals surface area contributed by atoms with Crippen LogP contribution in [0.15, 0.2) is 6.20 Å². The fraction of sp³-hybridized carbons (Fsp3) is 0.692. The Hall–Kier alpha value is -1.52. The molecule has 18 heavy (non-hydrogen) atoms. The van der Waals surface area contributed by atoms with Gasteiger partial charge in [-0.3, -0.25) is 4.68 Å². The molecule has 0 aliphatic heterocycles. The molecule has 0 aromatic carbocycles. The first kappa shape index (κ1) is 14.5. The van der Waals surface area contributed by atoms with Crippen LogP contribution in [0.1, 0.15) is 56.4 Å². The van der Waals surface area contributed by atoms with Gasteiger partial charge >= 0.3 is 5.97 Å². The minimum atomic E-state index is -0.434. The molecule has 0 fully saturated rings. The van der Waals surface area contributed by atoms with Gasteiger partial charge in [-0.1, -0.05) is 26.2 Å². The highest BCUT2D eigenvalue weighted by Crippen LogP contribution is 2.13. The Morgan fingerprint density at radius 3 is 2.78 bits per heavy atom. The third kappa shape index (κ3) is 4.39. The van der Waals surface area contributed by atoms with Crippen LogP contribution in [-0.2, 0) is 11.8 Å². The first-order valence-electron chi connectivity index (χ1n) is 6.54. The van der Waals surface area contributed by atoms with Gasteiger partial charge < -0.3 is 10.5 Å². The van der Waals surface area contributed by atoms with E-state index in [0.29, 0.717) is 5.69 Å². The van der Waals surface area contributed by atoms with Gasteiger partial charge in [0, 0.05) is 13.2 Å². The van der Waals surface area contributed by atoms with Crippen LogP contribution in [0.4, 0.5) is 5.69 Å². The Labute approximate surface area is 108 Å². The zero-order valence-corrected chi connectivity index (χ0v) is 11.5. The van der Waals surface area contributed by atoms with Gasteiger partial charge in [-0.05, 0) is 19.8 Å². The molecule has 0 aliphatic carbocycles. The van der Waals surface area contributed by atoms with E-state index in [9.17, 15) is 4.79 Å². The predicted molar refractivity (Wildman–Crippen MR) is 71.3 cm³/mol. The maximum atomic E-state index is 11.8. The van der Waals surface area contributed by atoms with E-state index in [1.165, 1.54) is 23.9 Å². The summed E-state index contributed by atoms with van der Waals surface area (Å²) < 4.78 is 6.83. The van der Waals surface area contributed by atoms with Crippen molar-refractivity contribution in [3.8, 4) is 0 Å². The number of aromatic nitrogens is 2. The highest BCUT2D eigenvalue weighted by Gasteiger charge is 2.18. The molecule has 0 saturated carbocycles. The van der Waals surface area contributed by atoms with Crippen molar-refractivity contribution in [3.05, 3.63) is 11.9 Å². The van der Waals surface area contributed by atoms with Crippen LogP contribution in [0.3, 0.4) is 0 Å². The molecular formula is C13H23N3O2. The van der Waals surface area contributed by atoms with Crippen molar-refractivity contribution in [1.82, 2.24) is 9.78 Å². The molecule has 1 heterocycles. The van der Waals surface area contributed by atoms with Crippen LogP contribution in [0, 0.1) is 0 Å². The predicted octanol–water partition coefficient (Wildman–Crippen LogP) is 2.52. The Balaban J connectivity index is 2.37. The highest BCUT2D eigenvalue weighted by molar-refractivity contribution is 5.92. The van der Waals surface area contributed by atoms with Crippen LogP contribution in [0.5, 0.6) is 0 Å². The van der Waals surface area contributed by atoms with Crippen LogP contribution < -0.4 is 5.73 Å². The third-order valence-corrected chi connectivity index (χ3v) is 2.82. The van der Waals surface area contributed by atoms with Crippen molar-refractivity contribution < 1.29 is 9.53 Å². The van der Waals surface area contributed by atoms with Crippen LogP contribution in [-0.4, -0.2) is 21.9 Å². The smallest absolute Gasteiger partial charge is 0.361 e. The zero-order chi connectivity index (χ0) is 13.5. The van der Waals surface area contributed by atoms with E-state index in [4.69, 9.17) is 10.5 Å². The fourth-order valence-corrected chi connectivity index (χ4v) is 1.82. The van der Waals surface area contributed by atoms with Crippen molar-refractivity contribution in [3.63, 3.8) is 0 Å². The Morgan fingerprint density at radius 2 is 2.22 bits per heavy atom. The summed E-state index contributed by atoms with van der Waals surface area (Å²) in [7, 11) is 1.72.